The van der Waals surface area contributed by atoms with E-state index >= 15 is 0 Å². The van der Waals surface area contributed by atoms with Crippen LogP contribution >= 0.6 is 39.0 Å². The molecule has 18 heavy (non-hydrogen) atoms. The van der Waals surface area contributed by atoms with Crippen LogP contribution in [0.2, 0.25) is 0 Å². The molecule has 0 spiro atoms. The largest absolute Gasteiger partial charge is 0.480 e. The molecule has 96 valence electrons. The summed E-state index contributed by atoms with van der Waals surface area (Å²) in [4.78, 5) is 16.8. The second-order valence-electron chi connectivity index (χ2n) is 3.85. The molecule has 0 bridgehead atoms. The number of nitrogens with zero attached hydrogens (tertiary/aromatic N) is 1. The fraction of sp³-hybridized carbons (Fsp3) is 0.273. The fourth-order valence-corrected chi connectivity index (χ4v) is 3.88. The van der Waals surface area contributed by atoms with Crippen molar-refractivity contribution in [3.8, 4) is 0 Å². The van der Waals surface area contributed by atoms with Gasteiger partial charge in [-0.25, -0.2) is 9.37 Å². The summed E-state index contributed by atoms with van der Waals surface area (Å²) in [6, 6.07) is 3.58. The number of thioether (sulfide) groups is 1. The Morgan fingerprint density at radius 1 is 1.72 bits per heavy atom. The smallest absolute Gasteiger partial charge is 0.322 e. The summed E-state index contributed by atoms with van der Waals surface area (Å²) in [5.41, 5.74) is 0. The van der Waals surface area contributed by atoms with Gasteiger partial charge in [-0.15, -0.1) is 23.1 Å². The van der Waals surface area contributed by atoms with Gasteiger partial charge < -0.3 is 5.11 Å². The van der Waals surface area contributed by atoms with Gasteiger partial charge in [-0.05, 0) is 35.0 Å². The molecule has 3 nitrogen and oxygen atoms in total. The molecule has 2 rings (SSSR count). The minimum atomic E-state index is -1.47. The Bertz CT molecular complexity index is 604. The van der Waals surface area contributed by atoms with Crippen LogP contribution in [0, 0.1) is 0 Å². The molecule has 1 N–H and O–H groups in total. The topological polar surface area (TPSA) is 50.2 Å². The van der Waals surface area contributed by atoms with Crippen LogP contribution in [-0.2, 0) is 4.79 Å². The molecule has 2 aromatic heterocycles. The molecule has 1 atom stereocenters. The minimum Gasteiger partial charge on any atom is -0.480 e. The first-order valence-corrected chi connectivity index (χ1v) is 7.41. The Kier molecular flexibility index (Phi) is 3.93. The van der Waals surface area contributed by atoms with Crippen molar-refractivity contribution in [2.24, 2.45) is 0 Å². The van der Waals surface area contributed by atoms with Gasteiger partial charge in [0.2, 0.25) is 0 Å². The predicted molar refractivity (Wildman–Crippen MR) is 75.2 cm³/mol. The van der Waals surface area contributed by atoms with E-state index in [0.29, 0.717) is 0 Å². The lowest BCUT2D eigenvalue weighted by molar-refractivity contribution is -0.139. The van der Waals surface area contributed by atoms with E-state index in [9.17, 15) is 9.18 Å². The molecule has 7 heteroatoms. The SMILES string of the molecule is CC(CF)(Sc1ccnc2sc(Br)cc12)C(=O)O. The molecular formula is C11H9BrFNO2S2. The lowest BCUT2D eigenvalue weighted by atomic mass is 10.2. The highest BCUT2D eigenvalue weighted by molar-refractivity contribution is 9.11. The van der Waals surface area contributed by atoms with E-state index in [-0.39, 0.29) is 0 Å². The highest BCUT2D eigenvalue weighted by Crippen LogP contribution is 2.40. The summed E-state index contributed by atoms with van der Waals surface area (Å²) < 4.78 is 12.4. The first kappa shape index (κ1) is 13.8. The molecule has 0 aliphatic rings. The average molecular weight is 350 g/mol. The van der Waals surface area contributed by atoms with Crippen molar-refractivity contribution in [2.75, 3.05) is 6.67 Å². The zero-order chi connectivity index (χ0) is 13.3. The third kappa shape index (κ3) is 2.53. The molecule has 0 amide bonds. The number of fused-ring (bicyclic) bond motifs is 1. The number of aromatic nitrogens is 1. The van der Waals surface area contributed by atoms with Crippen LogP contribution in [0.4, 0.5) is 4.39 Å². The van der Waals surface area contributed by atoms with Crippen molar-refractivity contribution in [2.45, 2.75) is 16.6 Å². The number of pyridine rings is 1. The van der Waals surface area contributed by atoms with E-state index in [2.05, 4.69) is 20.9 Å². The third-order valence-corrected chi connectivity index (χ3v) is 5.26. The van der Waals surface area contributed by atoms with Crippen LogP contribution in [0.3, 0.4) is 0 Å². The van der Waals surface area contributed by atoms with Gasteiger partial charge in [0.25, 0.3) is 0 Å². The summed E-state index contributed by atoms with van der Waals surface area (Å²) in [5, 5.41) is 9.94. The number of alkyl halides is 1. The van der Waals surface area contributed by atoms with E-state index in [1.54, 1.807) is 12.3 Å². The molecule has 0 aromatic carbocycles. The van der Waals surface area contributed by atoms with E-state index < -0.39 is 17.4 Å². The molecule has 0 saturated heterocycles. The zero-order valence-corrected chi connectivity index (χ0v) is 12.5. The highest BCUT2D eigenvalue weighted by Gasteiger charge is 2.35. The summed E-state index contributed by atoms with van der Waals surface area (Å²) in [5.74, 6) is -1.16. The number of halogens is 2. The van der Waals surface area contributed by atoms with Gasteiger partial charge in [0, 0.05) is 16.5 Å². The van der Waals surface area contributed by atoms with Gasteiger partial charge in [-0.1, -0.05) is 0 Å². The number of thiophene rings is 1. The van der Waals surface area contributed by atoms with Crippen molar-refractivity contribution in [1.82, 2.24) is 4.98 Å². The van der Waals surface area contributed by atoms with E-state index in [1.807, 2.05) is 6.07 Å². The minimum absolute atomic E-state index is 0.726. The number of rotatable bonds is 4. The van der Waals surface area contributed by atoms with E-state index in [0.717, 1.165) is 30.7 Å². The molecule has 0 saturated carbocycles. The lowest BCUT2D eigenvalue weighted by Gasteiger charge is -2.20. The fourth-order valence-electron chi connectivity index (χ4n) is 1.35. The molecule has 1 unspecified atom stereocenters. The highest BCUT2D eigenvalue weighted by atomic mass is 79.9. The van der Waals surface area contributed by atoms with Crippen LogP contribution in [0.25, 0.3) is 10.2 Å². The molecule has 2 aromatic rings. The van der Waals surface area contributed by atoms with Crippen LogP contribution in [0.1, 0.15) is 6.92 Å². The van der Waals surface area contributed by atoms with Gasteiger partial charge in [0.05, 0.1) is 3.79 Å². The average Bonchev–Trinajstić information content (AvgIpc) is 2.70. The number of carbonyl (C=O) groups is 1. The van der Waals surface area contributed by atoms with Gasteiger partial charge in [0.15, 0.2) is 0 Å². The molecule has 0 aliphatic carbocycles. The van der Waals surface area contributed by atoms with Gasteiger partial charge >= 0.3 is 5.97 Å². The number of hydrogen-bond donors (Lipinski definition) is 1. The van der Waals surface area contributed by atoms with Crippen LogP contribution in [-0.4, -0.2) is 27.5 Å². The Hall–Kier alpha value is -0.660. The van der Waals surface area contributed by atoms with Gasteiger partial charge in [0.1, 0.15) is 16.3 Å². The van der Waals surface area contributed by atoms with Gasteiger partial charge in [-0.2, -0.15) is 0 Å². The summed E-state index contributed by atoms with van der Waals surface area (Å²) >= 11 is 5.84. The lowest BCUT2D eigenvalue weighted by Crippen LogP contribution is -2.33. The summed E-state index contributed by atoms with van der Waals surface area (Å²) in [6.45, 7) is 0.454. The summed E-state index contributed by atoms with van der Waals surface area (Å²) in [7, 11) is 0. The van der Waals surface area contributed by atoms with Crippen molar-refractivity contribution < 1.29 is 14.3 Å². The molecule has 2 heterocycles. The van der Waals surface area contributed by atoms with Crippen LogP contribution in [0.15, 0.2) is 27.0 Å². The van der Waals surface area contributed by atoms with Crippen LogP contribution in [0.5, 0.6) is 0 Å². The Morgan fingerprint density at radius 2 is 2.44 bits per heavy atom. The van der Waals surface area contributed by atoms with Crippen LogP contribution < -0.4 is 0 Å². The Balaban J connectivity index is 2.45. The Labute approximate surface area is 120 Å². The number of carboxylic acids is 1. The zero-order valence-electron chi connectivity index (χ0n) is 9.31. The maximum absolute atomic E-state index is 13.0. The monoisotopic (exact) mass is 349 g/mol. The van der Waals surface area contributed by atoms with Crippen molar-refractivity contribution in [3.05, 3.63) is 22.1 Å². The number of hydrogen-bond acceptors (Lipinski definition) is 4. The number of aliphatic carboxylic acids is 1. The predicted octanol–water partition coefficient (Wildman–Crippen LogP) is 3.96. The van der Waals surface area contributed by atoms with E-state index in [1.165, 1.54) is 18.3 Å². The maximum atomic E-state index is 13.0. The van der Waals surface area contributed by atoms with E-state index in [4.69, 9.17) is 5.11 Å². The van der Waals surface area contributed by atoms with Gasteiger partial charge in [-0.3, -0.25) is 4.79 Å². The normalized spacial score (nSPS) is 14.6. The first-order valence-electron chi connectivity index (χ1n) is 4.99. The number of carboxylic acid groups (broad SMARTS) is 1. The third-order valence-electron chi connectivity index (χ3n) is 2.41. The molecule has 0 aliphatic heterocycles. The first-order chi connectivity index (χ1) is 8.46. The second-order valence-corrected chi connectivity index (χ2v) is 7.81. The molecule has 0 fully saturated rings. The van der Waals surface area contributed by atoms with Crippen molar-refractivity contribution in [1.29, 1.82) is 0 Å². The molecular weight excluding hydrogens is 341 g/mol. The quantitative estimate of drug-likeness (QED) is 0.848. The maximum Gasteiger partial charge on any atom is 0.322 e. The molecule has 0 radical (unpaired) electrons. The van der Waals surface area contributed by atoms with Crippen molar-refractivity contribution >= 4 is 55.2 Å². The Morgan fingerprint density at radius 3 is 3.06 bits per heavy atom. The van der Waals surface area contributed by atoms with Crippen molar-refractivity contribution in [3.63, 3.8) is 0 Å². The summed E-state index contributed by atoms with van der Waals surface area (Å²) in [6.07, 6.45) is 1.61. The second kappa shape index (κ2) is 5.14. The standard InChI is InChI=1S/C11H9BrFNO2S2/c1-11(5-13,10(15)16)18-7-2-3-14-9-6(7)4-8(12)17-9/h2-4H,5H2,1H3,(H,15,16).